The second-order valence-corrected chi connectivity index (χ2v) is 7.25. The molecule has 0 aliphatic heterocycles. The Bertz CT molecular complexity index is 801. The van der Waals surface area contributed by atoms with E-state index in [2.05, 4.69) is 0 Å². The summed E-state index contributed by atoms with van der Waals surface area (Å²) >= 11 is 11.6. The summed E-state index contributed by atoms with van der Waals surface area (Å²) in [6.07, 6.45) is 0. The predicted molar refractivity (Wildman–Crippen MR) is 78.0 cm³/mol. The lowest BCUT2D eigenvalue weighted by molar-refractivity contribution is 0.557. The molecule has 0 bridgehead atoms. The average Bonchev–Trinajstić information content (AvgIpc) is 2.55. The Morgan fingerprint density at radius 2 is 1.55 bits per heavy atom. The maximum absolute atomic E-state index is 12.3. The summed E-state index contributed by atoms with van der Waals surface area (Å²) in [6.45, 7) is 0. The van der Waals surface area contributed by atoms with E-state index in [-0.39, 0.29) is 26.3 Å². The van der Waals surface area contributed by atoms with Crippen molar-refractivity contribution in [2.45, 2.75) is 10.6 Å². The summed E-state index contributed by atoms with van der Waals surface area (Å²) in [4.78, 5) is 11.5. The van der Waals surface area contributed by atoms with E-state index in [9.17, 15) is 13.2 Å². The lowest BCUT2D eigenvalue weighted by Crippen LogP contribution is -2.17. The fraction of sp³-hybridized carbons (Fsp3) is 0.250. The van der Waals surface area contributed by atoms with Crippen molar-refractivity contribution >= 4 is 33.0 Å². The van der Waals surface area contributed by atoms with Gasteiger partial charge < -0.3 is 0 Å². The second-order valence-electron chi connectivity index (χ2n) is 4.39. The number of hydrogen-bond donors (Lipinski definition) is 0. The molecule has 1 aromatic heterocycles. The summed E-state index contributed by atoms with van der Waals surface area (Å²) in [6, 6.07) is 5.43. The van der Waals surface area contributed by atoms with Gasteiger partial charge >= 0.3 is 0 Å². The van der Waals surface area contributed by atoms with Gasteiger partial charge in [-0.15, -0.1) is 0 Å². The van der Waals surface area contributed by atoms with Gasteiger partial charge in [-0.25, -0.2) is 8.42 Å². The molecule has 1 aromatic carbocycles. The minimum atomic E-state index is -3.63. The Kier molecular flexibility index (Phi) is 4.00. The number of rotatable bonds is 3. The van der Waals surface area contributed by atoms with Gasteiger partial charge in [-0.1, -0.05) is 23.2 Å². The van der Waals surface area contributed by atoms with Crippen molar-refractivity contribution in [3.63, 3.8) is 0 Å². The first kappa shape index (κ1) is 15.2. The van der Waals surface area contributed by atoms with E-state index in [1.54, 1.807) is 14.1 Å². The molecule has 0 aliphatic rings. The number of sulfone groups is 1. The lowest BCUT2D eigenvalue weighted by atomic mass is 10.4. The van der Waals surface area contributed by atoms with Gasteiger partial charge in [0.25, 0.3) is 5.56 Å². The molecule has 0 atom stereocenters. The van der Waals surface area contributed by atoms with Crippen LogP contribution in [0.15, 0.2) is 34.0 Å². The number of nitrogens with zero attached hydrogens (tertiary/aromatic N) is 2. The molecule has 0 aliphatic carbocycles. The van der Waals surface area contributed by atoms with Crippen molar-refractivity contribution < 1.29 is 8.42 Å². The molecule has 8 heteroatoms. The molecule has 20 heavy (non-hydrogen) atoms. The summed E-state index contributed by atoms with van der Waals surface area (Å²) in [7, 11) is -0.440. The molecular weight excluding hydrogens is 323 g/mol. The minimum absolute atomic E-state index is 0.0336. The molecule has 2 rings (SSSR count). The number of halogens is 2. The normalized spacial score (nSPS) is 11.8. The highest BCUT2D eigenvalue weighted by molar-refractivity contribution is 7.90. The topological polar surface area (TPSA) is 61.1 Å². The maximum atomic E-state index is 12.3. The fourth-order valence-electron chi connectivity index (χ4n) is 1.79. The van der Waals surface area contributed by atoms with E-state index in [0.29, 0.717) is 5.69 Å². The molecule has 1 heterocycles. The Morgan fingerprint density at radius 3 is 2.00 bits per heavy atom. The van der Waals surface area contributed by atoms with Crippen molar-refractivity contribution in [3.8, 4) is 0 Å². The molecule has 0 radical (unpaired) electrons. The van der Waals surface area contributed by atoms with Gasteiger partial charge in [0.05, 0.1) is 16.3 Å². The van der Waals surface area contributed by atoms with E-state index in [1.807, 2.05) is 0 Å². The molecule has 0 saturated carbocycles. The number of aromatic nitrogens is 2. The van der Waals surface area contributed by atoms with Crippen molar-refractivity contribution in [1.29, 1.82) is 0 Å². The summed E-state index contributed by atoms with van der Waals surface area (Å²) < 4.78 is 27.5. The molecule has 0 saturated heterocycles. The van der Waals surface area contributed by atoms with Crippen LogP contribution in [0.4, 0.5) is 0 Å². The smallest absolute Gasteiger partial charge is 0.266 e. The third-order valence-corrected chi connectivity index (χ3v) is 5.07. The van der Waals surface area contributed by atoms with E-state index >= 15 is 0 Å². The molecule has 0 spiro atoms. The second kappa shape index (κ2) is 5.27. The van der Waals surface area contributed by atoms with Gasteiger partial charge in [-0.2, -0.15) is 0 Å². The first-order valence-corrected chi connectivity index (χ1v) is 8.02. The largest absolute Gasteiger partial charge is 0.289 e. The highest BCUT2D eigenvalue weighted by Crippen LogP contribution is 2.24. The molecule has 0 fully saturated rings. The summed E-state index contributed by atoms with van der Waals surface area (Å²) in [5.41, 5.74) is 0.135. The molecule has 5 nitrogen and oxygen atoms in total. The molecule has 108 valence electrons. The van der Waals surface area contributed by atoms with Crippen LogP contribution in [0.2, 0.25) is 10.0 Å². The first-order chi connectivity index (χ1) is 9.20. The van der Waals surface area contributed by atoms with E-state index in [4.69, 9.17) is 23.2 Å². The zero-order valence-electron chi connectivity index (χ0n) is 10.8. The van der Waals surface area contributed by atoms with Gasteiger partial charge in [-0.05, 0) is 18.2 Å². The Morgan fingerprint density at radius 1 is 1.00 bits per heavy atom. The highest BCUT2D eigenvalue weighted by atomic mass is 35.5. The molecule has 2 aromatic rings. The van der Waals surface area contributed by atoms with Gasteiger partial charge in [0.15, 0.2) is 9.84 Å². The number of benzene rings is 1. The minimum Gasteiger partial charge on any atom is -0.289 e. The fourth-order valence-corrected chi connectivity index (χ4v) is 3.89. The third kappa shape index (κ3) is 2.92. The third-order valence-electron chi connectivity index (χ3n) is 3.01. The SMILES string of the molecule is Cn1c(CS(=O)(=O)c2cc(Cl)cc(Cl)c2)cc(=O)n1C. The van der Waals surface area contributed by atoms with Crippen LogP contribution in [-0.4, -0.2) is 17.8 Å². The van der Waals surface area contributed by atoms with Crippen molar-refractivity contribution in [3.05, 3.63) is 50.4 Å². The highest BCUT2D eigenvalue weighted by Gasteiger charge is 2.19. The van der Waals surface area contributed by atoms with E-state index in [0.717, 1.165) is 0 Å². The Balaban J connectivity index is 2.45. The van der Waals surface area contributed by atoms with Crippen molar-refractivity contribution in [2.24, 2.45) is 14.1 Å². The molecular formula is C12H12Cl2N2O3S. The summed E-state index contributed by atoms with van der Waals surface area (Å²) in [5, 5.41) is 0.496. The zero-order chi connectivity index (χ0) is 15.1. The number of hydrogen-bond acceptors (Lipinski definition) is 3. The lowest BCUT2D eigenvalue weighted by Gasteiger charge is -2.08. The van der Waals surface area contributed by atoms with Crippen molar-refractivity contribution in [1.82, 2.24) is 9.36 Å². The average molecular weight is 335 g/mol. The predicted octanol–water partition coefficient (Wildman–Crippen LogP) is 2.00. The van der Waals surface area contributed by atoms with Gasteiger partial charge in [-0.3, -0.25) is 14.2 Å². The van der Waals surface area contributed by atoms with E-state index in [1.165, 1.54) is 33.6 Å². The molecule has 0 unspecified atom stereocenters. The quantitative estimate of drug-likeness (QED) is 0.862. The molecule has 0 N–H and O–H groups in total. The van der Waals surface area contributed by atoms with Crippen LogP contribution in [-0.2, 0) is 29.7 Å². The zero-order valence-corrected chi connectivity index (χ0v) is 13.1. The van der Waals surface area contributed by atoms with E-state index < -0.39 is 9.84 Å². The van der Waals surface area contributed by atoms with Crippen LogP contribution in [0.5, 0.6) is 0 Å². The van der Waals surface area contributed by atoms with Crippen LogP contribution in [0.25, 0.3) is 0 Å². The van der Waals surface area contributed by atoms with Gasteiger partial charge in [0.1, 0.15) is 0 Å². The monoisotopic (exact) mass is 334 g/mol. The van der Waals surface area contributed by atoms with Crippen LogP contribution in [0.1, 0.15) is 5.69 Å². The molecule has 0 amide bonds. The van der Waals surface area contributed by atoms with Crippen molar-refractivity contribution in [2.75, 3.05) is 0 Å². The van der Waals surface area contributed by atoms with Crippen LogP contribution in [0, 0.1) is 0 Å². The van der Waals surface area contributed by atoms with Crippen LogP contribution < -0.4 is 5.56 Å². The Hall–Kier alpha value is -1.24. The van der Waals surface area contributed by atoms with Gasteiger partial charge in [0, 0.05) is 30.2 Å². The Labute approximate surface area is 126 Å². The standard InChI is InChI=1S/C12H12Cl2N2O3S/c1-15-10(6-12(17)16(15)2)7-20(18,19)11-4-8(13)3-9(14)5-11/h3-6H,7H2,1-2H3. The first-order valence-electron chi connectivity index (χ1n) is 5.61. The summed E-state index contributed by atoms with van der Waals surface area (Å²) in [5.74, 6) is -0.295. The van der Waals surface area contributed by atoms with Gasteiger partial charge in [0.2, 0.25) is 0 Å². The van der Waals surface area contributed by atoms with Crippen LogP contribution in [0.3, 0.4) is 0 Å². The maximum Gasteiger partial charge on any atom is 0.266 e. The van der Waals surface area contributed by atoms with Crippen LogP contribution >= 0.6 is 23.2 Å².